The summed E-state index contributed by atoms with van der Waals surface area (Å²) in [6, 6.07) is 11.7. The molecule has 1 saturated heterocycles. The predicted molar refractivity (Wildman–Crippen MR) is 92.4 cm³/mol. The van der Waals surface area contributed by atoms with Gasteiger partial charge in [0.2, 0.25) is 11.8 Å². The molecule has 0 aliphatic carbocycles. The highest BCUT2D eigenvalue weighted by molar-refractivity contribution is 5.80. The molecule has 2 amide bonds. The van der Waals surface area contributed by atoms with Gasteiger partial charge in [-0.05, 0) is 23.6 Å². The van der Waals surface area contributed by atoms with Gasteiger partial charge in [0.05, 0.1) is 12.8 Å². The van der Waals surface area contributed by atoms with Crippen LogP contribution >= 0.6 is 0 Å². The van der Waals surface area contributed by atoms with Gasteiger partial charge < -0.3 is 14.8 Å². The van der Waals surface area contributed by atoms with Gasteiger partial charge in [-0.1, -0.05) is 30.3 Å². The summed E-state index contributed by atoms with van der Waals surface area (Å²) in [5, 5.41) is 0. The zero-order chi connectivity index (χ0) is 16.8. The minimum Gasteiger partial charge on any atom is -0.367 e. The SMILES string of the molecule is O=C(Cc1ccccc1)N1CCCN(C(=O)Cc2cc[nH]c2)CC1. The Morgan fingerprint density at radius 3 is 2.04 bits per heavy atom. The molecule has 1 aromatic heterocycles. The smallest absolute Gasteiger partial charge is 0.227 e. The summed E-state index contributed by atoms with van der Waals surface area (Å²) in [6.45, 7) is 2.67. The molecule has 1 aliphatic rings. The molecular formula is C19H23N3O2. The summed E-state index contributed by atoms with van der Waals surface area (Å²) in [6.07, 6.45) is 5.36. The number of aromatic nitrogens is 1. The van der Waals surface area contributed by atoms with Crippen molar-refractivity contribution in [2.75, 3.05) is 26.2 Å². The number of amides is 2. The Morgan fingerprint density at radius 2 is 1.46 bits per heavy atom. The van der Waals surface area contributed by atoms with E-state index >= 15 is 0 Å². The maximum atomic E-state index is 12.5. The van der Waals surface area contributed by atoms with E-state index in [4.69, 9.17) is 0 Å². The predicted octanol–water partition coefficient (Wildman–Crippen LogP) is 1.86. The van der Waals surface area contributed by atoms with E-state index in [0.717, 1.165) is 30.6 Å². The monoisotopic (exact) mass is 325 g/mol. The molecule has 0 spiro atoms. The van der Waals surface area contributed by atoms with E-state index in [1.165, 1.54) is 0 Å². The Hall–Kier alpha value is -2.56. The highest BCUT2D eigenvalue weighted by Crippen LogP contribution is 2.09. The van der Waals surface area contributed by atoms with E-state index in [2.05, 4.69) is 4.98 Å². The Balaban J connectivity index is 1.52. The van der Waals surface area contributed by atoms with Crippen molar-refractivity contribution in [2.24, 2.45) is 0 Å². The molecule has 3 rings (SSSR count). The van der Waals surface area contributed by atoms with Gasteiger partial charge in [-0.2, -0.15) is 0 Å². The van der Waals surface area contributed by atoms with Gasteiger partial charge in [0.25, 0.3) is 0 Å². The van der Waals surface area contributed by atoms with Crippen LogP contribution in [0.25, 0.3) is 0 Å². The third-order valence-corrected chi connectivity index (χ3v) is 4.42. The van der Waals surface area contributed by atoms with E-state index in [-0.39, 0.29) is 11.8 Å². The summed E-state index contributed by atoms with van der Waals surface area (Å²) < 4.78 is 0. The Bertz CT molecular complexity index is 667. The van der Waals surface area contributed by atoms with Crippen LogP contribution in [-0.2, 0) is 22.4 Å². The quantitative estimate of drug-likeness (QED) is 0.933. The molecule has 2 aromatic rings. The number of H-pyrrole nitrogens is 1. The second-order valence-corrected chi connectivity index (χ2v) is 6.17. The summed E-state index contributed by atoms with van der Waals surface area (Å²) in [4.78, 5) is 31.6. The van der Waals surface area contributed by atoms with Gasteiger partial charge in [0.1, 0.15) is 0 Å². The van der Waals surface area contributed by atoms with Crippen LogP contribution in [0.3, 0.4) is 0 Å². The van der Waals surface area contributed by atoms with Crippen molar-refractivity contribution in [2.45, 2.75) is 19.3 Å². The molecule has 1 N–H and O–H groups in total. The van der Waals surface area contributed by atoms with Crippen molar-refractivity contribution in [3.05, 3.63) is 59.9 Å². The third-order valence-electron chi connectivity index (χ3n) is 4.42. The molecule has 126 valence electrons. The van der Waals surface area contributed by atoms with E-state index < -0.39 is 0 Å². The molecular weight excluding hydrogens is 302 g/mol. The number of rotatable bonds is 4. The molecule has 0 radical (unpaired) electrons. The fourth-order valence-electron chi connectivity index (χ4n) is 3.05. The number of nitrogens with zero attached hydrogens (tertiary/aromatic N) is 2. The lowest BCUT2D eigenvalue weighted by atomic mass is 10.1. The third kappa shape index (κ3) is 4.25. The molecule has 1 fully saturated rings. The van der Waals surface area contributed by atoms with Crippen LogP contribution in [-0.4, -0.2) is 52.8 Å². The number of aromatic amines is 1. The van der Waals surface area contributed by atoms with Crippen molar-refractivity contribution in [1.29, 1.82) is 0 Å². The summed E-state index contributed by atoms with van der Waals surface area (Å²) >= 11 is 0. The molecule has 0 atom stereocenters. The second kappa shape index (κ2) is 7.81. The lowest BCUT2D eigenvalue weighted by Crippen LogP contribution is -2.38. The van der Waals surface area contributed by atoms with Crippen LogP contribution in [0.1, 0.15) is 17.5 Å². The van der Waals surface area contributed by atoms with E-state index in [1.54, 1.807) is 0 Å². The van der Waals surface area contributed by atoms with Crippen molar-refractivity contribution in [3.8, 4) is 0 Å². The first kappa shape index (κ1) is 16.3. The van der Waals surface area contributed by atoms with Crippen molar-refractivity contribution < 1.29 is 9.59 Å². The fraction of sp³-hybridized carbons (Fsp3) is 0.368. The molecule has 5 nitrogen and oxygen atoms in total. The summed E-state index contributed by atoms with van der Waals surface area (Å²) in [5.41, 5.74) is 2.04. The van der Waals surface area contributed by atoms with Gasteiger partial charge in [-0.3, -0.25) is 9.59 Å². The molecule has 1 aromatic carbocycles. The van der Waals surface area contributed by atoms with E-state index in [1.807, 2.05) is 58.6 Å². The minimum atomic E-state index is 0.131. The van der Waals surface area contributed by atoms with Crippen molar-refractivity contribution in [1.82, 2.24) is 14.8 Å². The second-order valence-electron chi connectivity index (χ2n) is 6.17. The molecule has 5 heteroatoms. The van der Waals surface area contributed by atoms with Crippen LogP contribution in [0.5, 0.6) is 0 Å². The average Bonchev–Trinajstić information content (AvgIpc) is 2.96. The zero-order valence-electron chi connectivity index (χ0n) is 13.8. The standard InChI is InChI=1S/C19H23N3O2/c23-18(13-16-5-2-1-3-6-16)21-9-4-10-22(12-11-21)19(24)14-17-7-8-20-15-17/h1-3,5-8,15,20H,4,9-14H2. The highest BCUT2D eigenvalue weighted by atomic mass is 16.2. The molecule has 24 heavy (non-hydrogen) atoms. The van der Waals surface area contributed by atoms with E-state index in [9.17, 15) is 9.59 Å². The zero-order valence-corrected chi connectivity index (χ0v) is 13.8. The van der Waals surface area contributed by atoms with Gasteiger partial charge in [0.15, 0.2) is 0 Å². The van der Waals surface area contributed by atoms with Gasteiger partial charge in [-0.25, -0.2) is 0 Å². The lowest BCUT2D eigenvalue weighted by Gasteiger charge is -2.22. The van der Waals surface area contributed by atoms with Crippen molar-refractivity contribution in [3.63, 3.8) is 0 Å². The van der Waals surface area contributed by atoms with Gasteiger partial charge in [0, 0.05) is 38.6 Å². The first-order valence-corrected chi connectivity index (χ1v) is 8.43. The molecule has 1 aliphatic heterocycles. The average molecular weight is 325 g/mol. The minimum absolute atomic E-state index is 0.131. The molecule has 0 saturated carbocycles. The number of hydrogen-bond acceptors (Lipinski definition) is 2. The fourth-order valence-corrected chi connectivity index (χ4v) is 3.05. The molecule has 0 bridgehead atoms. The lowest BCUT2D eigenvalue weighted by molar-refractivity contribution is -0.132. The normalized spacial score (nSPS) is 15.2. The van der Waals surface area contributed by atoms with Crippen LogP contribution in [0.2, 0.25) is 0 Å². The van der Waals surface area contributed by atoms with Crippen LogP contribution < -0.4 is 0 Å². The number of carbonyl (C=O) groups is 2. The van der Waals surface area contributed by atoms with Crippen LogP contribution in [0, 0.1) is 0 Å². The van der Waals surface area contributed by atoms with Gasteiger partial charge in [-0.15, -0.1) is 0 Å². The largest absolute Gasteiger partial charge is 0.367 e. The molecule has 0 unspecified atom stereocenters. The highest BCUT2D eigenvalue weighted by Gasteiger charge is 2.22. The topological polar surface area (TPSA) is 56.4 Å². The number of carbonyl (C=O) groups excluding carboxylic acids is 2. The Kier molecular flexibility index (Phi) is 5.31. The van der Waals surface area contributed by atoms with Crippen LogP contribution in [0.15, 0.2) is 48.8 Å². The first-order valence-electron chi connectivity index (χ1n) is 8.43. The maximum Gasteiger partial charge on any atom is 0.227 e. The number of nitrogens with one attached hydrogen (secondary N) is 1. The molecule has 2 heterocycles. The Labute approximate surface area is 142 Å². The van der Waals surface area contributed by atoms with Crippen LogP contribution in [0.4, 0.5) is 0 Å². The number of benzene rings is 1. The van der Waals surface area contributed by atoms with E-state index in [0.29, 0.717) is 25.9 Å². The van der Waals surface area contributed by atoms with Gasteiger partial charge >= 0.3 is 0 Å². The first-order chi connectivity index (χ1) is 11.7. The summed E-state index contributed by atoms with van der Waals surface area (Å²) in [7, 11) is 0. The Morgan fingerprint density at radius 1 is 0.833 bits per heavy atom. The summed E-state index contributed by atoms with van der Waals surface area (Å²) in [5.74, 6) is 0.271. The van der Waals surface area contributed by atoms with Crippen molar-refractivity contribution >= 4 is 11.8 Å². The number of hydrogen-bond donors (Lipinski definition) is 1. The maximum absolute atomic E-state index is 12.5.